The lowest BCUT2D eigenvalue weighted by atomic mass is 9.99. The van der Waals surface area contributed by atoms with Crippen molar-refractivity contribution in [1.82, 2.24) is 15.6 Å². The molecule has 0 spiro atoms. The second-order valence-electron chi connectivity index (χ2n) is 4.82. The van der Waals surface area contributed by atoms with Crippen LogP contribution < -0.4 is 10.6 Å². The van der Waals surface area contributed by atoms with Crippen molar-refractivity contribution in [3.05, 3.63) is 29.6 Å². The summed E-state index contributed by atoms with van der Waals surface area (Å²) in [6.07, 6.45) is 1.96. The molecule has 2 heterocycles. The SMILES string of the molecule is Cc1cccc(CNC(=O)C2(C)CCCN2)n1. The third kappa shape index (κ3) is 2.82. The Balaban J connectivity index is 1.92. The molecule has 1 aromatic heterocycles. The Morgan fingerprint density at radius 1 is 1.59 bits per heavy atom. The zero-order valence-electron chi connectivity index (χ0n) is 10.4. The van der Waals surface area contributed by atoms with Crippen LogP contribution in [0.25, 0.3) is 0 Å². The highest BCUT2D eigenvalue weighted by Gasteiger charge is 2.35. The van der Waals surface area contributed by atoms with Crippen molar-refractivity contribution in [1.29, 1.82) is 0 Å². The van der Waals surface area contributed by atoms with Gasteiger partial charge in [0.1, 0.15) is 0 Å². The second kappa shape index (κ2) is 4.84. The van der Waals surface area contributed by atoms with Crippen molar-refractivity contribution in [2.24, 2.45) is 0 Å². The van der Waals surface area contributed by atoms with Crippen LogP contribution in [0.5, 0.6) is 0 Å². The quantitative estimate of drug-likeness (QED) is 0.823. The molecule has 1 aliphatic rings. The van der Waals surface area contributed by atoms with Crippen LogP contribution in [0.15, 0.2) is 18.2 Å². The van der Waals surface area contributed by atoms with Crippen LogP contribution in [-0.2, 0) is 11.3 Å². The fraction of sp³-hybridized carbons (Fsp3) is 0.538. The highest BCUT2D eigenvalue weighted by atomic mass is 16.2. The molecule has 1 saturated heterocycles. The zero-order chi connectivity index (χ0) is 12.3. The molecule has 1 unspecified atom stereocenters. The predicted molar refractivity (Wildman–Crippen MR) is 66.5 cm³/mol. The summed E-state index contributed by atoms with van der Waals surface area (Å²) in [5.74, 6) is 0.0679. The number of carbonyl (C=O) groups is 1. The van der Waals surface area contributed by atoms with Gasteiger partial charge >= 0.3 is 0 Å². The maximum Gasteiger partial charge on any atom is 0.240 e. The van der Waals surface area contributed by atoms with Crippen LogP contribution in [0, 0.1) is 6.92 Å². The third-order valence-corrected chi connectivity index (χ3v) is 3.25. The lowest BCUT2D eigenvalue weighted by molar-refractivity contribution is -0.126. The molecule has 0 radical (unpaired) electrons. The molecule has 0 aliphatic carbocycles. The van der Waals surface area contributed by atoms with Gasteiger partial charge in [-0.05, 0) is 45.4 Å². The van der Waals surface area contributed by atoms with E-state index in [-0.39, 0.29) is 5.91 Å². The molecule has 1 fully saturated rings. The van der Waals surface area contributed by atoms with E-state index in [2.05, 4.69) is 15.6 Å². The van der Waals surface area contributed by atoms with Gasteiger partial charge in [0.2, 0.25) is 5.91 Å². The van der Waals surface area contributed by atoms with Crippen molar-refractivity contribution in [3.8, 4) is 0 Å². The minimum atomic E-state index is -0.399. The standard InChI is InChI=1S/C13H19N3O/c1-10-5-3-6-11(16-10)9-14-12(17)13(2)7-4-8-15-13/h3,5-6,15H,4,7-9H2,1-2H3,(H,14,17). The minimum Gasteiger partial charge on any atom is -0.349 e. The molecule has 0 saturated carbocycles. The number of nitrogens with zero attached hydrogens (tertiary/aromatic N) is 1. The maximum absolute atomic E-state index is 12.0. The van der Waals surface area contributed by atoms with Gasteiger partial charge in [-0.1, -0.05) is 6.07 Å². The van der Waals surface area contributed by atoms with Crippen LogP contribution in [0.1, 0.15) is 31.2 Å². The maximum atomic E-state index is 12.0. The summed E-state index contributed by atoms with van der Waals surface area (Å²) in [6, 6.07) is 5.84. The summed E-state index contributed by atoms with van der Waals surface area (Å²) < 4.78 is 0. The molecular weight excluding hydrogens is 214 g/mol. The highest BCUT2D eigenvalue weighted by Crippen LogP contribution is 2.18. The molecule has 1 atom stereocenters. The molecule has 1 aromatic rings. The molecule has 0 bridgehead atoms. The zero-order valence-corrected chi connectivity index (χ0v) is 10.4. The summed E-state index contributed by atoms with van der Waals surface area (Å²) in [4.78, 5) is 16.4. The van der Waals surface area contributed by atoms with Gasteiger partial charge in [-0.25, -0.2) is 0 Å². The fourth-order valence-electron chi connectivity index (χ4n) is 2.15. The van der Waals surface area contributed by atoms with E-state index in [1.165, 1.54) is 0 Å². The van der Waals surface area contributed by atoms with Gasteiger partial charge in [0.15, 0.2) is 0 Å². The minimum absolute atomic E-state index is 0.0679. The monoisotopic (exact) mass is 233 g/mol. The number of amides is 1. The third-order valence-electron chi connectivity index (χ3n) is 3.25. The molecule has 0 aromatic carbocycles. The first-order chi connectivity index (χ1) is 8.10. The van der Waals surface area contributed by atoms with Crippen molar-refractivity contribution in [2.75, 3.05) is 6.54 Å². The highest BCUT2D eigenvalue weighted by molar-refractivity contribution is 5.86. The van der Waals surface area contributed by atoms with Crippen LogP contribution in [-0.4, -0.2) is 23.0 Å². The van der Waals surface area contributed by atoms with E-state index < -0.39 is 5.54 Å². The van der Waals surface area contributed by atoms with Gasteiger partial charge < -0.3 is 10.6 Å². The Bertz CT molecular complexity index is 411. The lowest BCUT2D eigenvalue weighted by Crippen LogP contribution is -2.50. The van der Waals surface area contributed by atoms with E-state index in [1.54, 1.807) is 0 Å². The average molecular weight is 233 g/mol. The van der Waals surface area contributed by atoms with E-state index in [9.17, 15) is 4.79 Å². The summed E-state index contributed by atoms with van der Waals surface area (Å²) in [5, 5.41) is 6.19. The first-order valence-corrected chi connectivity index (χ1v) is 6.06. The summed E-state index contributed by atoms with van der Waals surface area (Å²) in [6.45, 7) is 5.33. The molecule has 4 nitrogen and oxygen atoms in total. The van der Waals surface area contributed by atoms with Crippen molar-refractivity contribution in [2.45, 2.75) is 38.8 Å². The van der Waals surface area contributed by atoms with E-state index in [4.69, 9.17) is 0 Å². The molecule has 2 rings (SSSR count). The smallest absolute Gasteiger partial charge is 0.240 e. The Kier molecular flexibility index (Phi) is 3.43. The fourth-order valence-corrected chi connectivity index (χ4v) is 2.15. The van der Waals surface area contributed by atoms with Crippen LogP contribution in [0.3, 0.4) is 0 Å². The van der Waals surface area contributed by atoms with E-state index in [0.717, 1.165) is 30.8 Å². The number of aromatic nitrogens is 1. The number of hydrogen-bond acceptors (Lipinski definition) is 3. The number of aryl methyl sites for hydroxylation is 1. The lowest BCUT2D eigenvalue weighted by Gasteiger charge is -2.22. The molecule has 1 aliphatic heterocycles. The van der Waals surface area contributed by atoms with Gasteiger partial charge in [-0.15, -0.1) is 0 Å². The summed E-state index contributed by atoms with van der Waals surface area (Å²) in [5.41, 5.74) is 1.48. The number of carbonyl (C=O) groups excluding carboxylic acids is 1. The van der Waals surface area contributed by atoms with Crippen molar-refractivity contribution >= 4 is 5.91 Å². The molecule has 4 heteroatoms. The van der Waals surface area contributed by atoms with Crippen LogP contribution >= 0.6 is 0 Å². The number of rotatable bonds is 3. The summed E-state index contributed by atoms with van der Waals surface area (Å²) >= 11 is 0. The average Bonchev–Trinajstić information content (AvgIpc) is 2.74. The number of hydrogen-bond donors (Lipinski definition) is 2. The Morgan fingerprint density at radius 2 is 2.41 bits per heavy atom. The Hall–Kier alpha value is -1.42. The van der Waals surface area contributed by atoms with E-state index in [1.807, 2.05) is 32.0 Å². The number of nitrogens with one attached hydrogen (secondary N) is 2. The van der Waals surface area contributed by atoms with E-state index in [0.29, 0.717) is 6.54 Å². The van der Waals surface area contributed by atoms with Gasteiger partial charge in [0.05, 0.1) is 17.8 Å². The van der Waals surface area contributed by atoms with Crippen molar-refractivity contribution in [3.63, 3.8) is 0 Å². The van der Waals surface area contributed by atoms with Crippen molar-refractivity contribution < 1.29 is 4.79 Å². The van der Waals surface area contributed by atoms with Gasteiger partial charge in [-0.2, -0.15) is 0 Å². The van der Waals surface area contributed by atoms with Gasteiger partial charge in [0.25, 0.3) is 0 Å². The van der Waals surface area contributed by atoms with Crippen LogP contribution in [0.4, 0.5) is 0 Å². The second-order valence-corrected chi connectivity index (χ2v) is 4.82. The first-order valence-electron chi connectivity index (χ1n) is 6.06. The number of pyridine rings is 1. The van der Waals surface area contributed by atoms with Crippen LogP contribution in [0.2, 0.25) is 0 Å². The molecule has 92 valence electrons. The normalized spacial score (nSPS) is 23.6. The molecular formula is C13H19N3O. The first kappa shape index (κ1) is 12.0. The largest absolute Gasteiger partial charge is 0.349 e. The van der Waals surface area contributed by atoms with E-state index >= 15 is 0 Å². The Morgan fingerprint density at radius 3 is 3.06 bits per heavy atom. The molecule has 2 N–H and O–H groups in total. The molecule has 1 amide bonds. The van der Waals surface area contributed by atoms with Gasteiger partial charge in [-0.3, -0.25) is 9.78 Å². The molecule has 17 heavy (non-hydrogen) atoms. The Labute approximate surface area is 102 Å². The van der Waals surface area contributed by atoms with Gasteiger partial charge in [0, 0.05) is 5.69 Å². The predicted octanol–water partition coefficient (Wildman–Crippen LogP) is 1.15. The summed E-state index contributed by atoms with van der Waals surface area (Å²) in [7, 11) is 0. The topological polar surface area (TPSA) is 54.0 Å².